The number of rotatable bonds is 11. The molecule has 0 atom stereocenters. The van der Waals surface area contributed by atoms with E-state index >= 15 is 0 Å². The number of hydrogen-bond donors (Lipinski definition) is 3. The molecule has 1 amide bonds. The lowest BCUT2D eigenvalue weighted by atomic mass is 10.2. The third-order valence-electron chi connectivity index (χ3n) is 3.50. The first-order chi connectivity index (χ1) is 13.6. The summed E-state index contributed by atoms with van der Waals surface area (Å²) in [6.45, 7) is 1.10. The van der Waals surface area contributed by atoms with Gasteiger partial charge < -0.3 is 15.8 Å². The third kappa shape index (κ3) is 9.20. The smallest absolute Gasteiger partial charge is 0.243 e. The van der Waals surface area contributed by atoms with Crippen molar-refractivity contribution in [2.75, 3.05) is 25.1 Å². The van der Waals surface area contributed by atoms with Crippen LogP contribution in [0.3, 0.4) is 0 Å². The lowest BCUT2D eigenvalue weighted by Crippen LogP contribution is -2.25. The minimum absolute atomic E-state index is 0.182. The van der Waals surface area contributed by atoms with Gasteiger partial charge in [-0.05, 0) is 49.2 Å². The van der Waals surface area contributed by atoms with Gasteiger partial charge in [-0.1, -0.05) is 11.6 Å². The highest BCUT2D eigenvalue weighted by Crippen LogP contribution is 2.15. The second-order valence-corrected chi connectivity index (χ2v) is 6.20. The number of halogens is 1. The van der Waals surface area contributed by atoms with Crippen LogP contribution >= 0.6 is 11.6 Å². The molecule has 1 aromatic heterocycles. The number of carbonyl (C=O) groups excluding carboxylic acids is 1. The molecule has 0 saturated carbocycles. The van der Waals surface area contributed by atoms with E-state index in [1.807, 2.05) is 0 Å². The van der Waals surface area contributed by atoms with Crippen molar-refractivity contribution in [3.8, 4) is 5.75 Å². The van der Waals surface area contributed by atoms with Gasteiger partial charge in [0.15, 0.2) is 5.96 Å². The molecule has 9 heteroatoms. The van der Waals surface area contributed by atoms with Crippen LogP contribution in [0, 0.1) is 0 Å². The number of aromatic nitrogens is 1. The highest BCUT2D eigenvalue weighted by molar-refractivity contribution is 6.30. The van der Waals surface area contributed by atoms with Gasteiger partial charge in [-0.25, -0.2) is 5.48 Å². The molecule has 28 heavy (non-hydrogen) atoms. The van der Waals surface area contributed by atoms with E-state index in [0.29, 0.717) is 42.7 Å². The van der Waals surface area contributed by atoms with Crippen LogP contribution in [-0.2, 0) is 9.63 Å². The summed E-state index contributed by atoms with van der Waals surface area (Å²) in [5.74, 6) is 0.843. The molecule has 4 N–H and O–H groups in total. The van der Waals surface area contributed by atoms with E-state index in [-0.39, 0.29) is 12.5 Å². The summed E-state index contributed by atoms with van der Waals surface area (Å²) >= 11 is 5.79. The predicted molar refractivity (Wildman–Crippen MR) is 109 cm³/mol. The van der Waals surface area contributed by atoms with Crippen LogP contribution in [0.25, 0.3) is 0 Å². The van der Waals surface area contributed by atoms with Crippen molar-refractivity contribution in [1.29, 1.82) is 0 Å². The van der Waals surface area contributed by atoms with E-state index in [4.69, 9.17) is 26.9 Å². The first-order valence-electron chi connectivity index (χ1n) is 8.89. The lowest BCUT2D eigenvalue weighted by Gasteiger charge is -2.08. The Bertz CT molecular complexity index is 741. The standard InChI is InChI=1S/C19H24ClN5O3/c20-15-4-6-17(7-5-15)27-13-14-28-25-18(26)3-1-2-10-23-19(21)24-16-8-11-22-12-9-16/h4-9,11-12H,1-3,10,13-14H2,(H,25,26)(H3,21,22,23,24). The largest absolute Gasteiger partial charge is 0.491 e. The molecule has 0 spiro atoms. The molecule has 150 valence electrons. The van der Waals surface area contributed by atoms with Gasteiger partial charge in [0.1, 0.15) is 19.0 Å². The third-order valence-corrected chi connectivity index (χ3v) is 3.75. The van der Waals surface area contributed by atoms with Crippen molar-refractivity contribution < 1.29 is 14.4 Å². The fourth-order valence-electron chi connectivity index (χ4n) is 2.13. The van der Waals surface area contributed by atoms with Crippen molar-refractivity contribution in [3.05, 3.63) is 53.8 Å². The molecule has 2 rings (SSSR count). The molecule has 0 aliphatic carbocycles. The van der Waals surface area contributed by atoms with E-state index in [1.54, 1.807) is 48.8 Å². The number of pyridine rings is 1. The van der Waals surface area contributed by atoms with E-state index in [9.17, 15) is 4.79 Å². The van der Waals surface area contributed by atoms with Gasteiger partial charge in [0, 0.05) is 36.1 Å². The fraction of sp³-hybridized carbons (Fsp3) is 0.316. The monoisotopic (exact) mass is 405 g/mol. The molecule has 0 unspecified atom stereocenters. The Balaban J connectivity index is 1.47. The van der Waals surface area contributed by atoms with E-state index in [2.05, 4.69) is 20.8 Å². The molecular formula is C19H24ClN5O3. The number of nitrogens with one attached hydrogen (secondary N) is 2. The van der Waals surface area contributed by atoms with E-state index in [0.717, 1.165) is 12.1 Å². The lowest BCUT2D eigenvalue weighted by molar-refractivity contribution is -0.134. The van der Waals surface area contributed by atoms with Crippen LogP contribution in [-0.4, -0.2) is 36.6 Å². The van der Waals surface area contributed by atoms with Crippen molar-refractivity contribution >= 4 is 29.2 Å². The van der Waals surface area contributed by atoms with E-state index < -0.39 is 0 Å². The van der Waals surface area contributed by atoms with Gasteiger partial charge >= 0.3 is 0 Å². The topological polar surface area (TPSA) is 111 Å². The number of nitrogens with two attached hydrogens (primary N) is 1. The zero-order valence-electron chi connectivity index (χ0n) is 15.4. The second kappa shape index (κ2) is 12.5. The average molecular weight is 406 g/mol. The molecule has 0 aliphatic rings. The predicted octanol–water partition coefficient (Wildman–Crippen LogP) is 2.76. The Hall–Kier alpha value is -2.84. The first kappa shape index (κ1) is 21.5. The Kier molecular flexibility index (Phi) is 9.60. The number of hydrogen-bond acceptors (Lipinski definition) is 5. The molecule has 0 radical (unpaired) electrons. The number of carbonyl (C=O) groups is 1. The zero-order chi connectivity index (χ0) is 20.0. The second-order valence-electron chi connectivity index (χ2n) is 5.76. The number of anilines is 1. The SMILES string of the molecule is NC(=NCCCCC(=O)NOCCOc1ccc(Cl)cc1)Nc1ccncc1. The molecule has 0 aliphatic heterocycles. The number of aliphatic imine (C=N–C) groups is 1. The Morgan fingerprint density at radius 2 is 1.86 bits per heavy atom. The quantitative estimate of drug-likeness (QED) is 0.229. The van der Waals surface area contributed by atoms with Crippen LogP contribution in [0.5, 0.6) is 5.75 Å². The van der Waals surface area contributed by atoms with Crippen LogP contribution in [0.2, 0.25) is 5.02 Å². The number of hydroxylamine groups is 1. The average Bonchev–Trinajstić information content (AvgIpc) is 2.69. The maximum absolute atomic E-state index is 11.7. The van der Waals surface area contributed by atoms with Crippen molar-refractivity contribution in [2.24, 2.45) is 10.7 Å². The molecule has 0 bridgehead atoms. The number of benzene rings is 1. The van der Waals surface area contributed by atoms with Gasteiger partial charge in [0.25, 0.3) is 0 Å². The summed E-state index contributed by atoms with van der Waals surface area (Å²) in [5, 5.41) is 3.61. The fourth-order valence-corrected chi connectivity index (χ4v) is 2.26. The van der Waals surface area contributed by atoms with Crippen LogP contribution in [0.15, 0.2) is 53.8 Å². The molecule has 0 fully saturated rings. The van der Waals surface area contributed by atoms with Crippen molar-refractivity contribution in [1.82, 2.24) is 10.5 Å². The minimum atomic E-state index is -0.182. The van der Waals surface area contributed by atoms with Gasteiger partial charge in [-0.2, -0.15) is 0 Å². The first-order valence-corrected chi connectivity index (χ1v) is 9.27. The molecule has 1 heterocycles. The van der Waals surface area contributed by atoms with Crippen LogP contribution < -0.4 is 21.3 Å². The summed E-state index contributed by atoms with van der Waals surface area (Å²) in [4.78, 5) is 24.9. The number of guanidine groups is 1. The van der Waals surface area contributed by atoms with Crippen LogP contribution in [0.1, 0.15) is 19.3 Å². The minimum Gasteiger partial charge on any atom is -0.491 e. The maximum Gasteiger partial charge on any atom is 0.243 e. The van der Waals surface area contributed by atoms with Crippen molar-refractivity contribution in [2.45, 2.75) is 19.3 Å². The van der Waals surface area contributed by atoms with E-state index in [1.165, 1.54) is 0 Å². The number of unbranched alkanes of at least 4 members (excludes halogenated alkanes) is 1. The van der Waals surface area contributed by atoms with Gasteiger partial charge in [0.2, 0.25) is 5.91 Å². The summed E-state index contributed by atoms with van der Waals surface area (Å²) in [7, 11) is 0. The Morgan fingerprint density at radius 1 is 1.11 bits per heavy atom. The molecule has 0 saturated heterocycles. The van der Waals surface area contributed by atoms with Crippen molar-refractivity contribution in [3.63, 3.8) is 0 Å². The summed E-state index contributed by atoms with van der Waals surface area (Å²) < 4.78 is 5.45. The maximum atomic E-state index is 11.7. The van der Waals surface area contributed by atoms with Gasteiger partial charge in [0.05, 0.1) is 0 Å². The number of amides is 1. The van der Waals surface area contributed by atoms with Gasteiger partial charge in [-0.15, -0.1) is 0 Å². The highest BCUT2D eigenvalue weighted by Gasteiger charge is 2.01. The number of ether oxygens (including phenoxy) is 1. The zero-order valence-corrected chi connectivity index (χ0v) is 16.2. The summed E-state index contributed by atoms with van der Waals surface area (Å²) in [5.41, 5.74) is 9.01. The number of nitrogens with zero attached hydrogens (tertiary/aromatic N) is 2. The normalized spacial score (nSPS) is 11.1. The highest BCUT2D eigenvalue weighted by atomic mass is 35.5. The summed E-state index contributed by atoms with van der Waals surface area (Å²) in [6, 6.07) is 10.6. The van der Waals surface area contributed by atoms with Gasteiger partial charge in [-0.3, -0.25) is 19.6 Å². The molecule has 2 aromatic rings. The Morgan fingerprint density at radius 3 is 2.61 bits per heavy atom. The molecule has 1 aromatic carbocycles. The van der Waals surface area contributed by atoms with Crippen LogP contribution in [0.4, 0.5) is 5.69 Å². The summed E-state index contributed by atoms with van der Waals surface area (Å²) in [6.07, 6.45) is 5.11. The Labute approximate surface area is 169 Å². The molecular weight excluding hydrogens is 382 g/mol. The molecule has 8 nitrogen and oxygen atoms in total.